The van der Waals surface area contributed by atoms with Gasteiger partial charge in [-0.15, -0.1) is 0 Å². The van der Waals surface area contributed by atoms with E-state index in [9.17, 15) is 0 Å². The highest BCUT2D eigenvalue weighted by Gasteiger charge is 2.04. The molecule has 0 radical (unpaired) electrons. The molecule has 0 saturated carbocycles. The van der Waals surface area contributed by atoms with Crippen LogP contribution in [-0.4, -0.2) is 12.2 Å². The fraction of sp³-hybridized carbons (Fsp3) is 0.500. The summed E-state index contributed by atoms with van der Waals surface area (Å²) in [5, 5.41) is 0. The van der Waals surface area contributed by atoms with Gasteiger partial charge in [0.1, 0.15) is 5.56 Å². The first-order valence-corrected chi connectivity index (χ1v) is 5.56. The second kappa shape index (κ2) is 6.86. The lowest BCUT2D eigenvalue weighted by atomic mass is 10.2. The molecule has 78 valence electrons. The van der Waals surface area contributed by atoms with Crippen LogP contribution < -0.4 is 0 Å². The Labute approximate surface area is 91.0 Å². The van der Waals surface area contributed by atoms with Crippen molar-refractivity contribution in [1.29, 1.82) is 0 Å². The van der Waals surface area contributed by atoms with Crippen LogP contribution in [0.15, 0.2) is 30.3 Å². The van der Waals surface area contributed by atoms with Crippen molar-refractivity contribution < 1.29 is 4.74 Å². The zero-order valence-corrected chi connectivity index (χ0v) is 9.33. The van der Waals surface area contributed by atoms with Crippen molar-refractivity contribution in [2.24, 2.45) is 0 Å². The maximum Gasteiger partial charge on any atom is 0.135 e. The van der Waals surface area contributed by atoms with Crippen LogP contribution in [-0.2, 0) is 11.2 Å². The summed E-state index contributed by atoms with van der Waals surface area (Å²) in [6.07, 6.45) is 3.01. The van der Waals surface area contributed by atoms with Crippen molar-refractivity contribution in [3.63, 3.8) is 0 Å². The molecule has 1 rings (SSSR count). The Hall–Kier alpha value is -0.530. The third-order valence-corrected chi connectivity index (χ3v) is 2.32. The van der Waals surface area contributed by atoms with E-state index in [1.165, 1.54) is 5.56 Å². The molecule has 0 spiro atoms. The molecule has 0 aliphatic carbocycles. The van der Waals surface area contributed by atoms with Crippen LogP contribution in [0.3, 0.4) is 0 Å². The number of alkyl halides is 1. The second-order valence-corrected chi connectivity index (χ2v) is 3.81. The van der Waals surface area contributed by atoms with E-state index in [-0.39, 0.29) is 5.56 Å². The second-order valence-electron chi connectivity index (χ2n) is 3.32. The van der Waals surface area contributed by atoms with Crippen LogP contribution in [0, 0.1) is 0 Å². The highest BCUT2D eigenvalue weighted by Crippen LogP contribution is 2.09. The summed E-state index contributed by atoms with van der Waals surface area (Å²) < 4.78 is 5.45. The predicted octanol–water partition coefficient (Wildman–Crippen LogP) is 3.61. The topological polar surface area (TPSA) is 9.23 Å². The van der Waals surface area contributed by atoms with Gasteiger partial charge in [0.25, 0.3) is 0 Å². The number of benzene rings is 1. The van der Waals surface area contributed by atoms with E-state index in [2.05, 4.69) is 19.1 Å². The standard InChI is InChI=1S/C12H17ClO/c1-2-3-9-14-12(13)10-11-7-5-4-6-8-11/h4-8,12H,2-3,9-10H2,1H3. The Morgan fingerprint density at radius 2 is 2.00 bits per heavy atom. The number of rotatable bonds is 6. The van der Waals surface area contributed by atoms with Crippen LogP contribution in [0.1, 0.15) is 25.3 Å². The molecule has 1 aromatic rings. The van der Waals surface area contributed by atoms with Crippen molar-refractivity contribution in [1.82, 2.24) is 0 Å². The third kappa shape index (κ3) is 4.64. The third-order valence-electron chi connectivity index (χ3n) is 2.04. The Bertz CT molecular complexity index is 235. The number of unbranched alkanes of at least 4 members (excludes halogenated alkanes) is 1. The quantitative estimate of drug-likeness (QED) is 0.517. The van der Waals surface area contributed by atoms with Crippen molar-refractivity contribution in [3.05, 3.63) is 35.9 Å². The molecule has 0 aliphatic rings. The summed E-state index contributed by atoms with van der Waals surface area (Å²) in [4.78, 5) is 0. The van der Waals surface area contributed by atoms with Gasteiger partial charge >= 0.3 is 0 Å². The molecule has 0 N–H and O–H groups in total. The Kier molecular flexibility index (Phi) is 5.65. The molecule has 1 nitrogen and oxygen atoms in total. The van der Waals surface area contributed by atoms with Crippen molar-refractivity contribution in [3.8, 4) is 0 Å². The molecule has 0 amide bonds. The van der Waals surface area contributed by atoms with Crippen molar-refractivity contribution >= 4 is 11.6 Å². The zero-order valence-electron chi connectivity index (χ0n) is 8.58. The SMILES string of the molecule is CCCCOC(Cl)Cc1ccccc1. The summed E-state index contributed by atoms with van der Waals surface area (Å²) in [6.45, 7) is 2.90. The summed E-state index contributed by atoms with van der Waals surface area (Å²) in [5.41, 5.74) is 1.04. The normalized spacial score (nSPS) is 12.7. The fourth-order valence-corrected chi connectivity index (χ4v) is 1.48. The van der Waals surface area contributed by atoms with E-state index in [0.29, 0.717) is 0 Å². The summed E-state index contributed by atoms with van der Waals surface area (Å²) >= 11 is 6.03. The number of halogens is 1. The van der Waals surface area contributed by atoms with Crippen LogP contribution >= 0.6 is 11.6 Å². The number of hydrogen-bond donors (Lipinski definition) is 0. The largest absolute Gasteiger partial charge is 0.362 e. The molecule has 1 unspecified atom stereocenters. The lowest BCUT2D eigenvalue weighted by Gasteiger charge is -2.10. The van der Waals surface area contributed by atoms with Gasteiger partial charge in [-0.2, -0.15) is 0 Å². The minimum absolute atomic E-state index is 0.191. The average Bonchev–Trinajstić information content (AvgIpc) is 2.20. The van der Waals surface area contributed by atoms with Crippen molar-refractivity contribution in [2.75, 3.05) is 6.61 Å². The van der Waals surface area contributed by atoms with Gasteiger partial charge in [0.15, 0.2) is 0 Å². The molecule has 0 bridgehead atoms. The summed E-state index contributed by atoms with van der Waals surface area (Å²) in [5.74, 6) is 0. The van der Waals surface area contributed by atoms with Crippen LogP contribution in [0.4, 0.5) is 0 Å². The van der Waals surface area contributed by atoms with Crippen LogP contribution in [0.5, 0.6) is 0 Å². The molecule has 1 aromatic carbocycles. The number of ether oxygens (including phenoxy) is 1. The predicted molar refractivity (Wildman–Crippen MR) is 60.6 cm³/mol. The molecule has 0 aliphatic heterocycles. The van der Waals surface area contributed by atoms with Crippen molar-refractivity contribution in [2.45, 2.75) is 31.7 Å². The maximum atomic E-state index is 6.03. The first kappa shape index (κ1) is 11.5. The minimum Gasteiger partial charge on any atom is -0.362 e. The smallest absolute Gasteiger partial charge is 0.135 e. The van der Waals surface area contributed by atoms with Gasteiger partial charge in [-0.05, 0) is 12.0 Å². The van der Waals surface area contributed by atoms with Crippen LogP contribution in [0.25, 0.3) is 0 Å². The minimum atomic E-state index is -0.191. The summed E-state index contributed by atoms with van der Waals surface area (Å²) in [6, 6.07) is 10.2. The molecule has 14 heavy (non-hydrogen) atoms. The first-order chi connectivity index (χ1) is 6.83. The van der Waals surface area contributed by atoms with E-state index in [0.717, 1.165) is 25.9 Å². The van der Waals surface area contributed by atoms with Gasteiger partial charge in [-0.25, -0.2) is 0 Å². The molecular formula is C12H17ClO. The van der Waals surface area contributed by atoms with E-state index < -0.39 is 0 Å². The first-order valence-electron chi connectivity index (χ1n) is 5.12. The molecule has 1 atom stereocenters. The molecule has 0 heterocycles. The Morgan fingerprint density at radius 3 is 2.64 bits per heavy atom. The Morgan fingerprint density at radius 1 is 1.29 bits per heavy atom. The van der Waals surface area contributed by atoms with Crippen LogP contribution in [0.2, 0.25) is 0 Å². The Balaban J connectivity index is 2.23. The molecule has 2 heteroatoms. The lowest BCUT2D eigenvalue weighted by Crippen LogP contribution is -2.09. The molecular weight excluding hydrogens is 196 g/mol. The highest BCUT2D eigenvalue weighted by atomic mass is 35.5. The van der Waals surface area contributed by atoms with Gasteiger partial charge < -0.3 is 4.74 Å². The lowest BCUT2D eigenvalue weighted by molar-refractivity contribution is 0.105. The van der Waals surface area contributed by atoms with E-state index in [4.69, 9.17) is 16.3 Å². The van der Waals surface area contributed by atoms with Gasteiger partial charge in [0.05, 0.1) is 0 Å². The van der Waals surface area contributed by atoms with Gasteiger partial charge in [0, 0.05) is 13.0 Å². The highest BCUT2D eigenvalue weighted by molar-refractivity contribution is 6.19. The van der Waals surface area contributed by atoms with Gasteiger partial charge in [-0.3, -0.25) is 0 Å². The monoisotopic (exact) mass is 212 g/mol. The number of hydrogen-bond acceptors (Lipinski definition) is 1. The van der Waals surface area contributed by atoms with Gasteiger partial charge in [-0.1, -0.05) is 55.3 Å². The maximum absolute atomic E-state index is 6.03. The zero-order chi connectivity index (χ0) is 10.2. The molecule has 0 saturated heterocycles. The fourth-order valence-electron chi connectivity index (χ4n) is 1.21. The van der Waals surface area contributed by atoms with E-state index in [1.807, 2.05) is 18.2 Å². The van der Waals surface area contributed by atoms with E-state index >= 15 is 0 Å². The van der Waals surface area contributed by atoms with Gasteiger partial charge in [0.2, 0.25) is 0 Å². The molecule has 0 fully saturated rings. The average molecular weight is 213 g/mol. The molecule has 0 aromatic heterocycles. The summed E-state index contributed by atoms with van der Waals surface area (Å²) in [7, 11) is 0. The van der Waals surface area contributed by atoms with E-state index in [1.54, 1.807) is 0 Å².